The molecular weight excluding hydrogens is 491 g/mol. The van der Waals surface area contributed by atoms with Crippen LogP contribution in [0.25, 0.3) is 0 Å². The van der Waals surface area contributed by atoms with Gasteiger partial charge in [-0.15, -0.1) is 24.0 Å². The highest BCUT2D eigenvalue weighted by Gasteiger charge is 2.34. The molecule has 0 bridgehead atoms. The molecule has 2 saturated heterocycles. The number of hydrogen-bond acceptors (Lipinski definition) is 3. The zero-order valence-corrected chi connectivity index (χ0v) is 18.0. The minimum atomic E-state index is -4.60. The van der Waals surface area contributed by atoms with Gasteiger partial charge in [0, 0.05) is 45.8 Å². The number of nitrogens with one attached hydrogen (secondary N) is 1. The van der Waals surface area contributed by atoms with E-state index in [-0.39, 0.29) is 36.1 Å². The fraction of sp³-hybridized carbons (Fsp3) is 0.611. The van der Waals surface area contributed by atoms with Crippen molar-refractivity contribution in [3.63, 3.8) is 0 Å². The Morgan fingerprint density at radius 1 is 1.25 bits per heavy atom. The van der Waals surface area contributed by atoms with Crippen LogP contribution in [0.2, 0.25) is 0 Å². The molecule has 1 aromatic rings. The van der Waals surface area contributed by atoms with E-state index in [0.29, 0.717) is 18.1 Å². The van der Waals surface area contributed by atoms with Crippen LogP contribution in [-0.2, 0) is 17.5 Å². The minimum Gasteiger partial charge on any atom is -0.379 e. The predicted molar refractivity (Wildman–Crippen MR) is 109 cm³/mol. The summed E-state index contributed by atoms with van der Waals surface area (Å²) >= 11 is 0. The van der Waals surface area contributed by atoms with Crippen LogP contribution < -0.4 is 5.32 Å². The lowest BCUT2D eigenvalue weighted by molar-refractivity contribution is -0.138. The SMILES string of the molecule is CN=C(NCc1ccc(F)cc1C(F)(F)F)N1CCC(N2CCOCC2)C1.I. The summed E-state index contributed by atoms with van der Waals surface area (Å²) in [5, 5.41) is 2.99. The second-order valence-corrected chi connectivity index (χ2v) is 6.74. The topological polar surface area (TPSA) is 40.1 Å². The third kappa shape index (κ3) is 5.69. The van der Waals surface area contributed by atoms with E-state index in [2.05, 4.69) is 20.1 Å². The molecule has 1 aromatic carbocycles. The van der Waals surface area contributed by atoms with Crippen molar-refractivity contribution in [1.29, 1.82) is 0 Å². The number of likely N-dealkylation sites (tertiary alicyclic amines) is 1. The van der Waals surface area contributed by atoms with E-state index in [0.717, 1.165) is 51.9 Å². The van der Waals surface area contributed by atoms with Crippen molar-refractivity contribution < 1.29 is 22.3 Å². The molecule has 1 atom stereocenters. The number of halogens is 5. The summed E-state index contributed by atoms with van der Waals surface area (Å²) < 4.78 is 58.0. The highest BCUT2D eigenvalue weighted by atomic mass is 127. The van der Waals surface area contributed by atoms with E-state index in [1.165, 1.54) is 6.07 Å². The average Bonchev–Trinajstić information content (AvgIpc) is 3.13. The summed E-state index contributed by atoms with van der Waals surface area (Å²) in [6.07, 6.45) is -3.62. The number of morpholine rings is 1. The van der Waals surface area contributed by atoms with Crippen LogP contribution >= 0.6 is 24.0 Å². The van der Waals surface area contributed by atoms with E-state index in [1.807, 2.05) is 0 Å². The van der Waals surface area contributed by atoms with Crippen LogP contribution in [0.5, 0.6) is 0 Å². The van der Waals surface area contributed by atoms with Crippen LogP contribution in [0.15, 0.2) is 23.2 Å². The Morgan fingerprint density at radius 3 is 2.61 bits per heavy atom. The highest BCUT2D eigenvalue weighted by molar-refractivity contribution is 14.0. The summed E-state index contributed by atoms with van der Waals surface area (Å²) in [6.45, 7) is 4.75. The van der Waals surface area contributed by atoms with Gasteiger partial charge in [0.25, 0.3) is 0 Å². The van der Waals surface area contributed by atoms with Gasteiger partial charge in [0.15, 0.2) is 5.96 Å². The molecule has 0 amide bonds. The van der Waals surface area contributed by atoms with Gasteiger partial charge in [0.2, 0.25) is 0 Å². The molecule has 2 fully saturated rings. The van der Waals surface area contributed by atoms with Crippen LogP contribution in [0.4, 0.5) is 17.6 Å². The van der Waals surface area contributed by atoms with E-state index in [1.54, 1.807) is 7.05 Å². The van der Waals surface area contributed by atoms with Crippen molar-refractivity contribution in [2.75, 3.05) is 46.4 Å². The Balaban J connectivity index is 0.00000280. The highest BCUT2D eigenvalue weighted by Crippen LogP contribution is 2.32. The predicted octanol–water partition coefficient (Wildman–Crippen LogP) is 2.94. The number of aliphatic imine (C=N–C) groups is 1. The third-order valence-electron chi connectivity index (χ3n) is 5.05. The number of ether oxygens (including phenoxy) is 1. The number of rotatable bonds is 3. The molecule has 28 heavy (non-hydrogen) atoms. The quantitative estimate of drug-likeness (QED) is 0.291. The second kappa shape index (κ2) is 10.1. The number of guanidine groups is 1. The summed E-state index contributed by atoms with van der Waals surface area (Å²) in [5.74, 6) is -0.341. The largest absolute Gasteiger partial charge is 0.416 e. The standard InChI is InChI=1S/C18H24F4N4O.HI/c1-23-17(26-5-4-15(12-26)25-6-8-27-9-7-25)24-11-13-2-3-14(19)10-16(13)18(20,21)22;/h2-3,10,15H,4-9,11-12H2,1H3,(H,23,24);1H. The maximum absolute atomic E-state index is 13.2. The van der Waals surface area contributed by atoms with Crippen LogP contribution in [-0.4, -0.2) is 68.2 Å². The van der Waals surface area contributed by atoms with Gasteiger partial charge in [0.05, 0.1) is 18.8 Å². The maximum atomic E-state index is 13.2. The van der Waals surface area contributed by atoms with Gasteiger partial charge in [-0.25, -0.2) is 4.39 Å². The Kier molecular flexibility index (Phi) is 8.31. The first-order valence-electron chi connectivity index (χ1n) is 9.01. The summed E-state index contributed by atoms with van der Waals surface area (Å²) in [4.78, 5) is 8.65. The van der Waals surface area contributed by atoms with Gasteiger partial charge in [0.1, 0.15) is 5.82 Å². The molecule has 0 aromatic heterocycles. The van der Waals surface area contributed by atoms with E-state index >= 15 is 0 Å². The Labute approximate surface area is 179 Å². The van der Waals surface area contributed by atoms with Crippen LogP contribution in [0, 0.1) is 5.82 Å². The molecule has 2 aliphatic heterocycles. The summed E-state index contributed by atoms with van der Waals surface area (Å²) in [6, 6.07) is 3.13. The summed E-state index contributed by atoms with van der Waals surface area (Å²) in [7, 11) is 1.61. The Hall–Kier alpha value is -1.14. The lowest BCUT2D eigenvalue weighted by Crippen LogP contribution is -2.46. The molecule has 1 unspecified atom stereocenters. The molecule has 2 aliphatic rings. The van der Waals surface area contributed by atoms with Gasteiger partial charge in [-0.1, -0.05) is 6.07 Å². The number of nitrogens with zero attached hydrogens (tertiary/aromatic N) is 3. The molecule has 10 heteroatoms. The molecule has 0 spiro atoms. The zero-order chi connectivity index (χ0) is 19.4. The number of alkyl halides is 3. The second-order valence-electron chi connectivity index (χ2n) is 6.74. The lowest BCUT2D eigenvalue weighted by atomic mass is 10.1. The van der Waals surface area contributed by atoms with Crippen molar-refractivity contribution in [3.8, 4) is 0 Å². The Bertz CT molecular complexity index is 680. The van der Waals surface area contributed by atoms with Crippen LogP contribution in [0.1, 0.15) is 17.5 Å². The van der Waals surface area contributed by atoms with Crippen molar-refractivity contribution in [2.24, 2.45) is 4.99 Å². The molecule has 2 heterocycles. The van der Waals surface area contributed by atoms with Crippen molar-refractivity contribution in [2.45, 2.75) is 25.2 Å². The first-order valence-corrected chi connectivity index (χ1v) is 9.01. The minimum absolute atomic E-state index is 0. The third-order valence-corrected chi connectivity index (χ3v) is 5.05. The zero-order valence-electron chi connectivity index (χ0n) is 15.6. The first-order chi connectivity index (χ1) is 12.9. The van der Waals surface area contributed by atoms with Crippen molar-refractivity contribution in [3.05, 3.63) is 35.1 Å². The molecule has 0 saturated carbocycles. The van der Waals surface area contributed by atoms with Gasteiger partial charge < -0.3 is 15.0 Å². The fourth-order valence-corrected chi connectivity index (χ4v) is 3.65. The fourth-order valence-electron chi connectivity index (χ4n) is 3.65. The monoisotopic (exact) mass is 516 g/mol. The maximum Gasteiger partial charge on any atom is 0.416 e. The van der Waals surface area contributed by atoms with Gasteiger partial charge in [-0.3, -0.25) is 9.89 Å². The first kappa shape index (κ1) is 23.1. The summed E-state index contributed by atoms with van der Waals surface area (Å²) in [5.41, 5.74) is -0.966. The van der Waals surface area contributed by atoms with Crippen molar-refractivity contribution in [1.82, 2.24) is 15.1 Å². The van der Waals surface area contributed by atoms with Gasteiger partial charge in [-0.2, -0.15) is 13.2 Å². The number of benzene rings is 1. The van der Waals surface area contributed by atoms with Crippen molar-refractivity contribution >= 4 is 29.9 Å². The Morgan fingerprint density at radius 2 is 1.96 bits per heavy atom. The molecule has 0 radical (unpaired) electrons. The smallest absolute Gasteiger partial charge is 0.379 e. The average molecular weight is 516 g/mol. The molecule has 5 nitrogen and oxygen atoms in total. The normalized spacial score (nSPS) is 21.5. The molecule has 3 rings (SSSR count). The molecule has 0 aliphatic carbocycles. The molecular formula is C18H25F4IN4O. The number of hydrogen-bond donors (Lipinski definition) is 1. The molecule has 158 valence electrons. The van der Waals surface area contributed by atoms with Crippen LogP contribution in [0.3, 0.4) is 0 Å². The lowest BCUT2D eigenvalue weighted by Gasteiger charge is -2.32. The molecule has 1 N–H and O–H groups in total. The van der Waals surface area contributed by atoms with E-state index in [9.17, 15) is 17.6 Å². The van der Waals surface area contributed by atoms with Gasteiger partial charge >= 0.3 is 6.18 Å². The van der Waals surface area contributed by atoms with E-state index < -0.39 is 17.6 Å². The van der Waals surface area contributed by atoms with E-state index in [4.69, 9.17) is 4.74 Å². The van der Waals surface area contributed by atoms with Gasteiger partial charge in [-0.05, 0) is 24.1 Å².